The minimum absolute atomic E-state index is 0.0686. The predicted molar refractivity (Wildman–Crippen MR) is 130 cm³/mol. The van der Waals surface area contributed by atoms with E-state index in [1.54, 1.807) is 0 Å². The Morgan fingerprint density at radius 1 is 0.882 bits per heavy atom. The van der Waals surface area contributed by atoms with Crippen molar-refractivity contribution in [2.24, 2.45) is 0 Å². The number of carbonyl (C=O) groups is 1. The van der Waals surface area contributed by atoms with E-state index in [2.05, 4.69) is 5.32 Å². The van der Waals surface area contributed by atoms with Gasteiger partial charge in [0.2, 0.25) is 15.9 Å². The van der Waals surface area contributed by atoms with Crippen molar-refractivity contribution in [3.05, 3.63) is 95.8 Å². The summed E-state index contributed by atoms with van der Waals surface area (Å²) in [6, 6.07) is 21.5. The zero-order valence-corrected chi connectivity index (χ0v) is 19.8. The summed E-state index contributed by atoms with van der Waals surface area (Å²) in [5, 5.41) is 3.01. The molecule has 6 nitrogen and oxygen atoms in total. The summed E-state index contributed by atoms with van der Waals surface area (Å²) in [5.41, 5.74) is 2.67. The Morgan fingerprint density at radius 2 is 1.56 bits per heavy atom. The second-order valence-electron chi connectivity index (χ2n) is 8.42. The Kier molecular flexibility index (Phi) is 7.41. The van der Waals surface area contributed by atoms with E-state index in [1.807, 2.05) is 66.4 Å². The van der Waals surface area contributed by atoms with E-state index in [9.17, 15) is 17.6 Å². The lowest BCUT2D eigenvalue weighted by molar-refractivity contribution is -0.121. The van der Waals surface area contributed by atoms with Crippen molar-refractivity contribution in [2.75, 3.05) is 31.5 Å². The number of nitrogens with zero attached hydrogens (tertiary/aromatic N) is 2. The molecule has 178 valence electrons. The molecule has 1 amide bonds. The third-order valence-corrected chi connectivity index (χ3v) is 7.90. The molecule has 0 unspecified atom stereocenters. The molecule has 0 radical (unpaired) electrons. The van der Waals surface area contributed by atoms with Crippen molar-refractivity contribution in [3.63, 3.8) is 0 Å². The van der Waals surface area contributed by atoms with Gasteiger partial charge in [-0.1, -0.05) is 48.0 Å². The Balaban J connectivity index is 1.55. The minimum Gasteiger partial charge on any atom is -0.324 e. The molecule has 1 saturated heterocycles. The molecule has 1 N–H and O–H groups in total. The minimum atomic E-state index is -3.75. The normalized spacial score (nSPS) is 16.5. The molecule has 8 heteroatoms. The molecule has 3 aromatic rings. The van der Waals surface area contributed by atoms with Crippen LogP contribution in [0.2, 0.25) is 0 Å². The summed E-state index contributed by atoms with van der Waals surface area (Å²) in [6.07, 6.45) is 0.571. The van der Waals surface area contributed by atoms with Gasteiger partial charge in [-0.25, -0.2) is 12.8 Å². The van der Waals surface area contributed by atoms with Crippen LogP contribution in [0.5, 0.6) is 0 Å². The largest absolute Gasteiger partial charge is 0.324 e. The fraction of sp³-hybridized carbons (Fsp3) is 0.269. The van der Waals surface area contributed by atoms with E-state index >= 15 is 0 Å². The first-order chi connectivity index (χ1) is 16.3. The predicted octanol–water partition coefficient (Wildman–Crippen LogP) is 4.21. The summed E-state index contributed by atoms with van der Waals surface area (Å²) in [5.74, 6) is -0.642. The lowest BCUT2D eigenvalue weighted by Crippen LogP contribution is -2.40. The highest BCUT2D eigenvalue weighted by Gasteiger charge is 2.32. The summed E-state index contributed by atoms with van der Waals surface area (Å²) in [6.45, 7) is 3.51. The average molecular weight is 482 g/mol. The third-order valence-electron chi connectivity index (χ3n) is 5.99. The fourth-order valence-corrected chi connectivity index (χ4v) is 5.65. The number of nitrogens with one attached hydrogen (secondary N) is 1. The molecule has 1 aliphatic heterocycles. The van der Waals surface area contributed by atoms with E-state index < -0.39 is 21.9 Å². The van der Waals surface area contributed by atoms with Crippen LogP contribution in [-0.2, 0) is 14.8 Å². The summed E-state index contributed by atoms with van der Waals surface area (Å²) in [7, 11) is -3.75. The molecule has 0 aromatic heterocycles. The molecule has 0 saturated carbocycles. The van der Waals surface area contributed by atoms with Crippen LogP contribution in [-0.4, -0.2) is 49.7 Å². The molecular formula is C26H28FN3O3S. The molecule has 0 bridgehead atoms. The molecule has 1 heterocycles. The van der Waals surface area contributed by atoms with Crippen LogP contribution in [0, 0.1) is 12.7 Å². The number of hydrogen-bond acceptors (Lipinski definition) is 4. The number of sulfonamides is 1. The molecule has 0 spiro atoms. The van der Waals surface area contributed by atoms with Crippen molar-refractivity contribution < 1.29 is 17.6 Å². The van der Waals surface area contributed by atoms with Crippen LogP contribution in [0.1, 0.15) is 23.6 Å². The van der Waals surface area contributed by atoms with E-state index in [0.717, 1.165) is 23.3 Å². The first-order valence-corrected chi connectivity index (χ1v) is 12.7. The molecule has 34 heavy (non-hydrogen) atoms. The van der Waals surface area contributed by atoms with Gasteiger partial charge in [0.05, 0.1) is 4.90 Å². The Labute approximate surface area is 200 Å². The topological polar surface area (TPSA) is 69.7 Å². The van der Waals surface area contributed by atoms with Crippen molar-refractivity contribution in [2.45, 2.75) is 24.3 Å². The van der Waals surface area contributed by atoms with Gasteiger partial charge >= 0.3 is 0 Å². The van der Waals surface area contributed by atoms with Gasteiger partial charge in [0, 0.05) is 31.9 Å². The molecule has 3 aromatic carbocycles. The van der Waals surface area contributed by atoms with Gasteiger partial charge in [-0.05, 0) is 55.3 Å². The van der Waals surface area contributed by atoms with Crippen LogP contribution >= 0.6 is 0 Å². The fourth-order valence-electron chi connectivity index (χ4n) is 4.18. The first-order valence-electron chi connectivity index (χ1n) is 11.3. The lowest BCUT2D eigenvalue weighted by Gasteiger charge is -2.30. The number of amides is 1. The van der Waals surface area contributed by atoms with Crippen molar-refractivity contribution in [1.29, 1.82) is 0 Å². The SMILES string of the molecule is Cc1ccc(NC(=O)[C@H](c2ccccc2)N2CCCN(S(=O)(=O)c3ccc(F)cc3)CC2)cc1. The van der Waals surface area contributed by atoms with Crippen molar-refractivity contribution in [1.82, 2.24) is 9.21 Å². The number of rotatable bonds is 6. The summed E-state index contributed by atoms with van der Waals surface area (Å²) < 4.78 is 40.9. The zero-order valence-electron chi connectivity index (χ0n) is 19.0. The summed E-state index contributed by atoms with van der Waals surface area (Å²) in [4.78, 5) is 15.5. The first kappa shape index (κ1) is 24.1. The maximum absolute atomic E-state index is 13.4. The van der Waals surface area contributed by atoms with Crippen LogP contribution in [0.25, 0.3) is 0 Å². The molecule has 0 aliphatic carbocycles. The Bertz CT molecular complexity index is 1220. The lowest BCUT2D eigenvalue weighted by atomic mass is 10.0. The molecule has 1 aliphatic rings. The molecular weight excluding hydrogens is 453 g/mol. The average Bonchev–Trinajstić information content (AvgIpc) is 3.08. The second kappa shape index (κ2) is 10.5. The highest BCUT2D eigenvalue weighted by Crippen LogP contribution is 2.26. The van der Waals surface area contributed by atoms with Gasteiger partial charge < -0.3 is 5.32 Å². The molecule has 4 rings (SSSR count). The number of benzene rings is 3. The van der Waals surface area contributed by atoms with Gasteiger partial charge in [-0.3, -0.25) is 9.69 Å². The van der Waals surface area contributed by atoms with Gasteiger partial charge in [0.15, 0.2) is 0 Å². The van der Waals surface area contributed by atoms with Gasteiger partial charge in [0.1, 0.15) is 11.9 Å². The van der Waals surface area contributed by atoms with Crippen LogP contribution in [0.15, 0.2) is 83.8 Å². The van der Waals surface area contributed by atoms with E-state index in [0.29, 0.717) is 31.7 Å². The third kappa shape index (κ3) is 5.52. The van der Waals surface area contributed by atoms with Crippen molar-refractivity contribution in [3.8, 4) is 0 Å². The number of carbonyl (C=O) groups excluding carboxylic acids is 1. The zero-order chi connectivity index (χ0) is 24.1. The molecule has 1 fully saturated rings. The van der Waals surface area contributed by atoms with Crippen LogP contribution in [0.3, 0.4) is 0 Å². The van der Waals surface area contributed by atoms with E-state index in [-0.39, 0.29) is 17.3 Å². The molecule has 1 atom stereocenters. The quantitative estimate of drug-likeness (QED) is 0.573. The van der Waals surface area contributed by atoms with Crippen LogP contribution in [0.4, 0.5) is 10.1 Å². The van der Waals surface area contributed by atoms with Gasteiger partial charge in [0.25, 0.3) is 0 Å². The standard InChI is InChI=1S/C26H28FN3O3S/c1-20-8-12-23(13-9-20)28-26(31)25(21-6-3-2-4-7-21)29-16-5-17-30(19-18-29)34(32,33)24-14-10-22(27)11-15-24/h2-4,6-15,25H,5,16-19H2,1H3,(H,28,31)/t25-/m0/s1. The maximum atomic E-state index is 13.4. The van der Waals surface area contributed by atoms with Gasteiger partial charge in [-0.15, -0.1) is 0 Å². The van der Waals surface area contributed by atoms with Crippen molar-refractivity contribution >= 4 is 21.6 Å². The highest BCUT2D eigenvalue weighted by atomic mass is 32.2. The number of halogens is 1. The van der Waals surface area contributed by atoms with Gasteiger partial charge in [-0.2, -0.15) is 4.31 Å². The maximum Gasteiger partial charge on any atom is 0.246 e. The Morgan fingerprint density at radius 3 is 2.24 bits per heavy atom. The monoisotopic (exact) mass is 481 g/mol. The summed E-state index contributed by atoms with van der Waals surface area (Å²) >= 11 is 0. The van der Waals surface area contributed by atoms with E-state index in [4.69, 9.17) is 0 Å². The number of anilines is 1. The van der Waals surface area contributed by atoms with Crippen LogP contribution < -0.4 is 5.32 Å². The second-order valence-corrected chi connectivity index (χ2v) is 10.4. The van der Waals surface area contributed by atoms with E-state index in [1.165, 1.54) is 16.4 Å². The number of aryl methyl sites for hydroxylation is 1. The highest BCUT2D eigenvalue weighted by molar-refractivity contribution is 7.89. The number of hydrogen-bond donors (Lipinski definition) is 1. The Hall–Kier alpha value is -3.07. The smallest absolute Gasteiger partial charge is 0.246 e.